The third-order valence-corrected chi connectivity index (χ3v) is 10.3. The summed E-state index contributed by atoms with van der Waals surface area (Å²) >= 11 is 0. The van der Waals surface area contributed by atoms with Crippen molar-refractivity contribution in [3.8, 4) is 0 Å². The van der Waals surface area contributed by atoms with Gasteiger partial charge in [0.1, 0.15) is 6.10 Å². The van der Waals surface area contributed by atoms with Gasteiger partial charge in [0.25, 0.3) is 5.91 Å². The Kier molecular flexibility index (Phi) is 25.2. The van der Waals surface area contributed by atoms with Crippen LogP contribution in [-0.2, 0) is 9.53 Å². The number of hydrogen-bond donors (Lipinski definition) is 4. The van der Waals surface area contributed by atoms with Crippen LogP contribution in [0.15, 0.2) is 91.2 Å². The summed E-state index contributed by atoms with van der Waals surface area (Å²) in [5.41, 5.74) is 6.47. The lowest BCUT2D eigenvalue weighted by molar-refractivity contribution is -0.120. The molecule has 2 amide bonds. The second kappa shape index (κ2) is 28.0. The number of aliphatic hydroxyl groups excluding tert-OH is 2. The highest BCUT2D eigenvalue weighted by Gasteiger charge is 2.35. The Balaban J connectivity index is 2.29. The second-order valence-electron chi connectivity index (χ2n) is 11.5. The van der Waals surface area contributed by atoms with Crippen molar-refractivity contribution in [3.63, 3.8) is 0 Å². The lowest BCUT2D eigenvalue weighted by Gasteiger charge is -2.33. The summed E-state index contributed by atoms with van der Waals surface area (Å²) in [6.45, 7) is 6.49. The largest absolute Gasteiger partial charge is 0.394 e. The van der Waals surface area contributed by atoms with E-state index in [2.05, 4.69) is 84.1 Å². The number of aliphatic hydroxyl groups is 2. The van der Waals surface area contributed by atoms with Crippen molar-refractivity contribution < 1.29 is 24.5 Å². The molecule has 0 radical (unpaired) electrons. The molecule has 266 valence electrons. The molecule has 1 heterocycles. The number of nitrogens with one attached hydrogen (secondary N) is 1. The van der Waals surface area contributed by atoms with Crippen LogP contribution in [0.5, 0.6) is 0 Å². The van der Waals surface area contributed by atoms with Crippen molar-refractivity contribution >= 4 is 33.4 Å². The van der Waals surface area contributed by atoms with Gasteiger partial charge in [0.05, 0.1) is 31.1 Å². The fourth-order valence-corrected chi connectivity index (χ4v) is 6.94. The first kappa shape index (κ1) is 43.1. The SMILES string of the molecule is CC/C=C\C/C=C\C/C=C\C/C=C\C/C=C\C/C=C\CCC(=O)NCCSSC(C)(C)[C@@H](COC[C@@H](O)CO)c1ncccc1C(N)=O. The van der Waals surface area contributed by atoms with Gasteiger partial charge in [0.15, 0.2) is 0 Å². The van der Waals surface area contributed by atoms with Crippen LogP contribution >= 0.6 is 21.6 Å². The monoisotopic (exact) mass is 699 g/mol. The van der Waals surface area contributed by atoms with Gasteiger partial charge < -0.3 is 26.0 Å². The summed E-state index contributed by atoms with van der Waals surface area (Å²) < 4.78 is 5.26. The summed E-state index contributed by atoms with van der Waals surface area (Å²) in [7, 11) is 3.23. The van der Waals surface area contributed by atoms with Gasteiger partial charge in [-0.05, 0) is 70.9 Å². The molecule has 1 aromatic rings. The summed E-state index contributed by atoms with van der Waals surface area (Å²) in [4.78, 5) is 28.8. The number of ether oxygens (including phenoxy) is 1. The van der Waals surface area contributed by atoms with E-state index in [0.29, 0.717) is 36.4 Å². The zero-order chi connectivity index (χ0) is 35.3. The van der Waals surface area contributed by atoms with Gasteiger partial charge in [-0.3, -0.25) is 14.6 Å². The fourth-order valence-electron chi connectivity index (χ4n) is 4.31. The van der Waals surface area contributed by atoms with E-state index >= 15 is 0 Å². The number of primary amides is 1. The molecule has 1 aromatic heterocycles. The lowest BCUT2D eigenvalue weighted by Crippen LogP contribution is -2.33. The van der Waals surface area contributed by atoms with Crippen LogP contribution in [0, 0.1) is 0 Å². The van der Waals surface area contributed by atoms with Crippen molar-refractivity contribution in [3.05, 3.63) is 102 Å². The first-order valence-corrected chi connectivity index (χ1v) is 19.1. The molecule has 0 saturated heterocycles. The van der Waals surface area contributed by atoms with E-state index < -0.39 is 23.4 Å². The Bertz CT molecular complexity index is 1210. The fraction of sp³-hybridized carbons (Fsp3) is 0.500. The molecule has 10 heteroatoms. The standard InChI is InChI=1S/C38H57N3O5S2/c1-4-5-6-7-8-9-10-11-12-13-14-15-16-17-18-19-20-21-22-25-35(44)40-27-28-47-48-38(2,3)34(31-46-30-32(43)29-42)36-33(37(39)45)24-23-26-41-36/h5-6,8-9,11-12,14-15,17-18,20-21,23-24,26,32,34,42-43H,4,7,10,13,16,19,22,25,27-31H2,1-3H3,(H2,39,45)(H,40,44)/b6-5-,9-8-,12-11-,15-14-,18-17-,21-20-/t32-,34-/m0/s1. The number of hydrogen-bond acceptors (Lipinski definition) is 8. The summed E-state index contributed by atoms with van der Waals surface area (Å²) in [5, 5.41) is 21.8. The molecule has 1 rings (SSSR count). The molecule has 0 spiro atoms. The zero-order valence-corrected chi connectivity index (χ0v) is 30.6. The molecule has 0 aromatic carbocycles. The first-order chi connectivity index (χ1) is 23.2. The van der Waals surface area contributed by atoms with E-state index in [9.17, 15) is 14.7 Å². The average Bonchev–Trinajstić information content (AvgIpc) is 3.07. The highest BCUT2D eigenvalue weighted by molar-refractivity contribution is 8.77. The zero-order valence-electron chi connectivity index (χ0n) is 29.0. The number of pyridine rings is 1. The van der Waals surface area contributed by atoms with E-state index in [0.717, 1.165) is 38.5 Å². The molecule has 0 aliphatic carbocycles. The molecule has 8 nitrogen and oxygen atoms in total. The number of allylic oxidation sites excluding steroid dienone is 12. The molecule has 5 N–H and O–H groups in total. The molecular formula is C38H57N3O5S2. The molecule has 48 heavy (non-hydrogen) atoms. The smallest absolute Gasteiger partial charge is 0.250 e. The number of nitrogens with two attached hydrogens (primary N) is 1. The number of amides is 2. The Morgan fingerprint density at radius 3 is 2.04 bits per heavy atom. The van der Waals surface area contributed by atoms with Gasteiger partial charge in [0, 0.05) is 35.6 Å². The van der Waals surface area contributed by atoms with Crippen LogP contribution < -0.4 is 11.1 Å². The summed E-state index contributed by atoms with van der Waals surface area (Å²) in [5.74, 6) is -0.173. The van der Waals surface area contributed by atoms with Crippen molar-refractivity contribution in [2.24, 2.45) is 5.73 Å². The lowest BCUT2D eigenvalue weighted by atomic mass is 9.89. The van der Waals surface area contributed by atoms with Gasteiger partial charge in [0.2, 0.25) is 5.91 Å². The van der Waals surface area contributed by atoms with Crippen LogP contribution in [0.3, 0.4) is 0 Å². The predicted octanol–water partition coefficient (Wildman–Crippen LogP) is 7.39. The van der Waals surface area contributed by atoms with Gasteiger partial charge in [-0.1, -0.05) is 101 Å². The quantitative estimate of drug-likeness (QED) is 0.0425. The van der Waals surface area contributed by atoms with Crippen LogP contribution in [-0.4, -0.2) is 70.0 Å². The minimum absolute atomic E-state index is 0.0210. The van der Waals surface area contributed by atoms with Crippen molar-refractivity contribution in [1.82, 2.24) is 10.3 Å². The highest BCUT2D eigenvalue weighted by atomic mass is 33.1. The Labute approximate surface area is 296 Å². The second-order valence-corrected chi connectivity index (χ2v) is 14.6. The predicted molar refractivity (Wildman–Crippen MR) is 204 cm³/mol. The molecule has 0 aliphatic heterocycles. The van der Waals surface area contributed by atoms with Crippen LogP contribution in [0.25, 0.3) is 0 Å². The number of carbonyl (C=O) groups excluding carboxylic acids is 2. The van der Waals surface area contributed by atoms with Crippen molar-refractivity contribution in [2.45, 2.75) is 88.9 Å². The Morgan fingerprint density at radius 1 is 0.938 bits per heavy atom. The highest BCUT2D eigenvalue weighted by Crippen LogP contribution is 2.45. The van der Waals surface area contributed by atoms with E-state index in [4.69, 9.17) is 15.6 Å². The summed E-state index contributed by atoms with van der Waals surface area (Å²) in [6, 6.07) is 3.31. The van der Waals surface area contributed by atoms with E-state index in [1.807, 2.05) is 19.9 Å². The Hall–Kier alpha value is -2.89. The average molecular weight is 700 g/mol. The van der Waals surface area contributed by atoms with Crippen LogP contribution in [0.1, 0.15) is 94.1 Å². The number of nitrogens with zero attached hydrogens (tertiary/aromatic N) is 1. The van der Waals surface area contributed by atoms with Crippen molar-refractivity contribution in [2.75, 3.05) is 32.1 Å². The van der Waals surface area contributed by atoms with E-state index in [1.54, 1.807) is 39.9 Å². The molecule has 0 fully saturated rings. The van der Waals surface area contributed by atoms with E-state index in [-0.39, 0.29) is 25.0 Å². The maximum Gasteiger partial charge on any atom is 0.250 e. The normalized spacial score (nSPS) is 14.0. The maximum atomic E-state index is 12.3. The molecule has 0 bridgehead atoms. The minimum Gasteiger partial charge on any atom is -0.394 e. The molecule has 0 saturated carbocycles. The van der Waals surface area contributed by atoms with Crippen LogP contribution in [0.4, 0.5) is 0 Å². The van der Waals surface area contributed by atoms with E-state index in [1.165, 1.54) is 0 Å². The van der Waals surface area contributed by atoms with Crippen LogP contribution in [0.2, 0.25) is 0 Å². The topological polar surface area (TPSA) is 135 Å². The minimum atomic E-state index is -0.988. The third kappa shape index (κ3) is 21.2. The molecule has 0 aliphatic rings. The van der Waals surface area contributed by atoms with Gasteiger partial charge in [-0.15, -0.1) is 0 Å². The maximum absolute atomic E-state index is 12.3. The number of carbonyl (C=O) groups is 2. The first-order valence-electron chi connectivity index (χ1n) is 16.8. The van der Waals surface area contributed by atoms with Gasteiger partial charge in [-0.25, -0.2) is 0 Å². The third-order valence-electron chi connectivity index (χ3n) is 6.99. The number of rotatable bonds is 27. The molecule has 0 unspecified atom stereocenters. The molecule has 2 atom stereocenters. The number of aromatic nitrogens is 1. The van der Waals surface area contributed by atoms with Gasteiger partial charge >= 0.3 is 0 Å². The molecular weight excluding hydrogens is 643 g/mol. The van der Waals surface area contributed by atoms with Crippen molar-refractivity contribution in [1.29, 1.82) is 0 Å². The Morgan fingerprint density at radius 2 is 1.50 bits per heavy atom. The van der Waals surface area contributed by atoms with Gasteiger partial charge in [-0.2, -0.15) is 0 Å². The summed E-state index contributed by atoms with van der Waals surface area (Å²) in [6.07, 6.45) is 33.6.